The predicted octanol–water partition coefficient (Wildman–Crippen LogP) is 3.38. The van der Waals surface area contributed by atoms with E-state index in [0.717, 1.165) is 42.4 Å². The van der Waals surface area contributed by atoms with Gasteiger partial charge in [0.15, 0.2) is 0 Å². The number of ether oxygens (including phenoxy) is 2. The number of aliphatic carboxylic acids is 1. The largest absolute Gasteiger partial charge is 0.497 e. The van der Waals surface area contributed by atoms with Crippen LogP contribution in [0.4, 0.5) is 4.79 Å². The van der Waals surface area contributed by atoms with Gasteiger partial charge in [0.05, 0.1) is 18.7 Å². The van der Waals surface area contributed by atoms with Crippen LogP contribution in [0.1, 0.15) is 31.4 Å². The second-order valence-corrected chi connectivity index (χ2v) is 8.56. The Morgan fingerprint density at radius 2 is 2.19 bits per heavy atom. The highest BCUT2D eigenvalue weighted by Crippen LogP contribution is 2.43. The Morgan fingerprint density at radius 1 is 1.38 bits per heavy atom. The monoisotopic (exact) mass is 439 g/mol. The van der Waals surface area contributed by atoms with Crippen LogP contribution in [0.25, 0.3) is 10.9 Å². The lowest BCUT2D eigenvalue weighted by atomic mass is 9.73. The standard InChI is InChI=1S/C24H29N3O5/c1-4-15-13-27-10-8-16(15)11-21(27)22(32-24(30)26-14(2)23(28)29)18-7-9-25-20-6-5-17(31-3)12-19(18)20/h4-7,9,12,14-16,21-22H,1,8,10-11,13H2,2-3H3,(H,26,30)(H,28,29)/t14?,15-,16+,21-,22+/m1/s1. The zero-order valence-corrected chi connectivity index (χ0v) is 18.4. The maximum Gasteiger partial charge on any atom is 0.408 e. The third-order valence-corrected chi connectivity index (χ3v) is 6.73. The number of rotatable bonds is 7. The fraction of sp³-hybridized carbons (Fsp3) is 0.458. The number of amides is 1. The zero-order valence-electron chi connectivity index (χ0n) is 18.4. The van der Waals surface area contributed by atoms with Crippen LogP contribution in [-0.4, -0.2) is 59.3 Å². The number of benzene rings is 1. The van der Waals surface area contributed by atoms with Gasteiger partial charge >= 0.3 is 12.1 Å². The van der Waals surface area contributed by atoms with Crippen molar-refractivity contribution in [2.24, 2.45) is 11.8 Å². The van der Waals surface area contributed by atoms with Crippen molar-refractivity contribution in [2.75, 3.05) is 20.2 Å². The second kappa shape index (κ2) is 9.16. The molecule has 3 fully saturated rings. The van der Waals surface area contributed by atoms with E-state index in [4.69, 9.17) is 14.6 Å². The Bertz CT molecular complexity index is 1030. The summed E-state index contributed by atoms with van der Waals surface area (Å²) >= 11 is 0. The predicted molar refractivity (Wildman–Crippen MR) is 120 cm³/mol. The molecule has 4 heterocycles. The lowest BCUT2D eigenvalue weighted by Gasteiger charge is -2.51. The Balaban J connectivity index is 1.72. The molecule has 6 atom stereocenters. The molecule has 1 amide bonds. The Labute approximate surface area is 187 Å². The summed E-state index contributed by atoms with van der Waals surface area (Å²) in [5.74, 6) is 0.478. The molecule has 0 saturated carbocycles. The van der Waals surface area contributed by atoms with Crippen LogP contribution in [0.3, 0.4) is 0 Å². The fourth-order valence-electron chi connectivity index (χ4n) is 4.95. The number of methoxy groups -OCH3 is 1. The first-order valence-corrected chi connectivity index (χ1v) is 10.9. The molecule has 2 aromatic rings. The van der Waals surface area contributed by atoms with Gasteiger partial charge in [-0.05, 0) is 62.4 Å². The van der Waals surface area contributed by atoms with E-state index in [2.05, 4.69) is 21.8 Å². The smallest absolute Gasteiger partial charge is 0.408 e. The number of pyridine rings is 1. The number of carbonyl (C=O) groups excluding carboxylic acids is 1. The summed E-state index contributed by atoms with van der Waals surface area (Å²) in [5.41, 5.74) is 1.61. The van der Waals surface area contributed by atoms with Gasteiger partial charge in [-0.15, -0.1) is 6.58 Å². The van der Waals surface area contributed by atoms with Crippen LogP contribution in [-0.2, 0) is 9.53 Å². The number of aromatic nitrogens is 1. The van der Waals surface area contributed by atoms with E-state index >= 15 is 0 Å². The minimum absolute atomic E-state index is 0.0207. The van der Waals surface area contributed by atoms with Gasteiger partial charge in [-0.25, -0.2) is 4.79 Å². The van der Waals surface area contributed by atoms with Gasteiger partial charge in [0.25, 0.3) is 0 Å². The molecule has 2 bridgehead atoms. The van der Waals surface area contributed by atoms with E-state index in [1.165, 1.54) is 6.92 Å². The minimum Gasteiger partial charge on any atom is -0.497 e. The third-order valence-electron chi connectivity index (χ3n) is 6.73. The first kappa shape index (κ1) is 22.1. The van der Waals surface area contributed by atoms with Crippen LogP contribution < -0.4 is 10.1 Å². The van der Waals surface area contributed by atoms with Gasteiger partial charge in [-0.3, -0.25) is 14.7 Å². The Morgan fingerprint density at radius 3 is 2.84 bits per heavy atom. The molecule has 0 radical (unpaired) electrons. The molecule has 3 aliphatic heterocycles. The van der Waals surface area contributed by atoms with Crippen LogP contribution in [0.5, 0.6) is 5.75 Å². The molecule has 3 aliphatic rings. The van der Waals surface area contributed by atoms with E-state index < -0.39 is 24.2 Å². The van der Waals surface area contributed by atoms with E-state index in [9.17, 15) is 9.59 Å². The van der Waals surface area contributed by atoms with Gasteiger partial charge in [0, 0.05) is 23.7 Å². The van der Waals surface area contributed by atoms with Crippen molar-refractivity contribution in [2.45, 2.75) is 38.0 Å². The van der Waals surface area contributed by atoms with Crippen molar-refractivity contribution < 1.29 is 24.2 Å². The summed E-state index contributed by atoms with van der Waals surface area (Å²) in [4.78, 5) is 30.7. The van der Waals surface area contributed by atoms with Crippen LogP contribution >= 0.6 is 0 Å². The highest BCUT2D eigenvalue weighted by molar-refractivity contribution is 5.84. The van der Waals surface area contributed by atoms with E-state index in [1.54, 1.807) is 13.3 Å². The topological polar surface area (TPSA) is 101 Å². The summed E-state index contributed by atoms with van der Waals surface area (Å²) < 4.78 is 11.4. The fourth-order valence-corrected chi connectivity index (χ4v) is 4.95. The minimum atomic E-state index is -1.12. The van der Waals surface area contributed by atoms with Crippen molar-refractivity contribution in [3.8, 4) is 5.75 Å². The number of alkyl carbamates (subject to hydrolysis) is 1. The molecular weight excluding hydrogens is 410 g/mol. The molecule has 2 unspecified atom stereocenters. The number of carboxylic acids is 1. The maximum absolute atomic E-state index is 12.7. The molecule has 32 heavy (non-hydrogen) atoms. The van der Waals surface area contributed by atoms with E-state index in [0.29, 0.717) is 17.6 Å². The molecule has 5 rings (SSSR count). The molecule has 8 heteroatoms. The zero-order chi connectivity index (χ0) is 22.8. The highest BCUT2D eigenvalue weighted by Gasteiger charge is 2.44. The number of piperidine rings is 3. The van der Waals surface area contributed by atoms with Crippen LogP contribution in [0.2, 0.25) is 0 Å². The highest BCUT2D eigenvalue weighted by atomic mass is 16.6. The number of hydrogen-bond acceptors (Lipinski definition) is 6. The van der Waals surface area contributed by atoms with Crippen LogP contribution in [0, 0.1) is 11.8 Å². The first-order chi connectivity index (χ1) is 15.4. The third kappa shape index (κ3) is 4.27. The van der Waals surface area contributed by atoms with E-state index in [1.807, 2.05) is 30.3 Å². The van der Waals surface area contributed by atoms with Gasteiger partial charge in [0.2, 0.25) is 0 Å². The van der Waals surface area contributed by atoms with Crippen molar-refractivity contribution in [3.05, 3.63) is 48.7 Å². The lowest BCUT2D eigenvalue weighted by molar-refractivity contribution is -0.139. The number of fused-ring (bicyclic) bond motifs is 4. The lowest BCUT2D eigenvalue weighted by Crippen LogP contribution is -2.55. The van der Waals surface area contributed by atoms with Gasteiger partial charge in [0.1, 0.15) is 17.9 Å². The number of nitrogens with one attached hydrogen (secondary N) is 1. The van der Waals surface area contributed by atoms with Crippen LogP contribution in [0.15, 0.2) is 43.1 Å². The molecule has 2 N–H and O–H groups in total. The molecular formula is C24H29N3O5. The number of nitrogens with zero attached hydrogens (tertiary/aromatic N) is 2. The summed E-state index contributed by atoms with van der Waals surface area (Å²) in [6.07, 6.45) is 4.37. The van der Waals surface area contributed by atoms with E-state index in [-0.39, 0.29) is 6.04 Å². The molecule has 3 saturated heterocycles. The van der Waals surface area contributed by atoms with Gasteiger partial charge in [-0.1, -0.05) is 6.08 Å². The average molecular weight is 440 g/mol. The Hall–Kier alpha value is -3.13. The first-order valence-electron chi connectivity index (χ1n) is 10.9. The molecule has 8 nitrogen and oxygen atoms in total. The number of carboxylic acid groups (broad SMARTS) is 1. The molecule has 170 valence electrons. The summed E-state index contributed by atoms with van der Waals surface area (Å²) in [6.45, 7) is 7.20. The number of hydrogen-bond donors (Lipinski definition) is 2. The second-order valence-electron chi connectivity index (χ2n) is 8.56. The summed E-state index contributed by atoms with van der Waals surface area (Å²) in [5, 5.41) is 12.4. The summed E-state index contributed by atoms with van der Waals surface area (Å²) in [6, 6.07) is 6.42. The normalized spacial score (nSPS) is 26.2. The molecule has 0 spiro atoms. The number of carbonyl (C=O) groups is 2. The average Bonchev–Trinajstić information content (AvgIpc) is 2.81. The van der Waals surface area contributed by atoms with Crippen molar-refractivity contribution >= 4 is 23.0 Å². The molecule has 0 aliphatic carbocycles. The summed E-state index contributed by atoms with van der Waals surface area (Å²) in [7, 11) is 1.60. The molecule has 1 aromatic heterocycles. The quantitative estimate of drug-likeness (QED) is 0.638. The Kier molecular flexibility index (Phi) is 6.32. The van der Waals surface area contributed by atoms with Gasteiger partial charge < -0.3 is 19.9 Å². The SMILES string of the molecule is C=C[C@@H]1CN2CC[C@H]1C[C@@H]2[C@@H](OC(=O)NC(C)C(=O)O)c1ccnc2ccc(OC)cc12. The van der Waals surface area contributed by atoms with Gasteiger partial charge in [-0.2, -0.15) is 0 Å². The maximum atomic E-state index is 12.7. The van der Waals surface area contributed by atoms with Crippen molar-refractivity contribution in [1.82, 2.24) is 15.2 Å². The molecule has 1 aromatic carbocycles. The van der Waals surface area contributed by atoms with Crippen molar-refractivity contribution in [3.63, 3.8) is 0 Å². The van der Waals surface area contributed by atoms with Crippen molar-refractivity contribution in [1.29, 1.82) is 0 Å².